The molecule has 1 atom stereocenters. The molecular formula is C7H8NO. The van der Waals surface area contributed by atoms with E-state index in [-0.39, 0.29) is 0 Å². The molecule has 0 saturated heterocycles. The summed E-state index contributed by atoms with van der Waals surface area (Å²) in [5.74, 6) is 0. The largest absolute Gasteiger partial charge is 0.389 e. The monoisotopic (exact) mass is 122 g/mol. The molecule has 1 N–H and O–H groups in total. The summed E-state index contributed by atoms with van der Waals surface area (Å²) in [5, 5.41) is 8.98. The minimum atomic E-state index is -0.413. The second-order valence-electron chi connectivity index (χ2n) is 1.89. The van der Waals surface area contributed by atoms with Gasteiger partial charge in [0, 0.05) is 6.20 Å². The van der Waals surface area contributed by atoms with Gasteiger partial charge in [0.25, 0.3) is 0 Å². The van der Waals surface area contributed by atoms with Gasteiger partial charge in [0.2, 0.25) is 0 Å². The molecule has 2 nitrogen and oxygen atoms in total. The quantitative estimate of drug-likeness (QED) is 0.601. The SMILES string of the molecule is CC(O)c1c[c]ncc1. The molecule has 0 fully saturated rings. The zero-order chi connectivity index (χ0) is 6.69. The second-order valence-corrected chi connectivity index (χ2v) is 1.89. The third-order valence-corrected chi connectivity index (χ3v) is 1.13. The fourth-order valence-corrected chi connectivity index (χ4v) is 0.586. The van der Waals surface area contributed by atoms with Crippen molar-refractivity contribution in [2.75, 3.05) is 0 Å². The highest BCUT2D eigenvalue weighted by atomic mass is 16.3. The lowest BCUT2D eigenvalue weighted by atomic mass is 10.2. The molecule has 0 aliphatic heterocycles. The summed E-state index contributed by atoms with van der Waals surface area (Å²) < 4.78 is 0. The first-order valence-electron chi connectivity index (χ1n) is 2.81. The lowest BCUT2D eigenvalue weighted by molar-refractivity contribution is 0.199. The zero-order valence-corrected chi connectivity index (χ0v) is 5.20. The standard InChI is InChI=1S/C7H8NO/c1-6(9)7-2-4-8-5-3-7/h2-4,6,9H,1H3. The van der Waals surface area contributed by atoms with Crippen LogP contribution in [0, 0.1) is 6.20 Å². The van der Waals surface area contributed by atoms with Gasteiger partial charge in [-0.25, -0.2) is 0 Å². The van der Waals surface area contributed by atoms with Crippen molar-refractivity contribution in [3.05, 3.63) is 30.1 Å². The van der Waals surface area contributed by atoms with Gasteiger partial charge in [-0.1, -0.05) is 0 Å². The molecule has 1 heterocycles. The third kappa shape index (κ3) is 1.50. The summed E-state index contributed by atoms with van der Waals surface area (Å²) >= 11 is 0. The molecule has 0 spiro atoms. The molecule has 2 heteroatoms. The first-order chi connectivity index (χ1) is 4.30. The predicted octanol–water partition coefficient (Wildman–Crippen LogP) is 0.935. The summed E-state index contributed by atoms with van der Waals surface area (Å²) in [6.45, 7) is 1.71. The molecule has 0 amide bonds. The van der Waals surface area contributed by atoms with Crippen LogP contribution in [0.15, 0.2) is 18.3 Å². The van der Waals surface area contributed by atoms with Gasteiger partial charge in [-0.05, 0) is 24.6 Å². The lowest BCUT2D eigenvalue weighted by Crippen LogP contribution is -1.89. The van der Waals surface area contributed by atoms with Crippen molar-refractivity contribution >= 4 is 0 Å². The van der Waals surface area contributed by atoms with E-state index in [2.05, 4.69) is 11.2 Å². The van der Waals surface area contributed by atoms with Crippen LogP contribution < -0.4 is 0 Å². The zero-order valence-electron chi connectivity index (χ0n) is 5.20. The number of hydrogen-bond donors (Lipinski definition) is 1. The summed E-state index contributed by atoms with van der Waals surface area (Å²) in [6, 6.07) is 3.44. The molecular weight excluding hydrogens is 114 g/mol. The average Bonchev–Trinajstić information content (AvgIpc) is 1.90. The smallest absolute Gasteiger partial charge is 0.0889 e. The van der Waals surface area contributed by atoms with E-state index >= 15 is 0 Å². The van der Waals surface area contributed by atoms with Crippen molar-refractivity contribution in [1.82, 2.24) is 4.98 Å². The van der Waals surface area contributed by atoms with E-state index in [9.17, 15) is 0 Å². The number of aliphatic hydroxyl groups excluding tert-OH is 1. The molecule has 0 aliphatic rings. The first-order valence-corrected chi connectivity index (χ1v) is 2.81. The Kier molecular flexibility index (Phi) is 1.80. The van der Waals surface area contributed by atoms with Crippen molar-refractivity contribution in [2.45, 2.75) is 13.0 Å². The molecule has 0 aliphatic carbocycles. The second kappa shape index (κ2) is 2.60. The highest BCUT2D eigenvalue weighted by Gasteiger charge is 1.96. The van der Waals surface area contributed by atoms with Crippen LogP contribution in [-0.2, 0) is 0 Å². The summed E-state index contributed by atoms with van der Waals surface area (Å²) in [5.41, 5.74) is 0.852. The van der Waals surface area contributed by atoms with Crippen LogP contribution in [0.3, 0.4) is 0 Å². The van der Waals surface area contributed by atoms with Crippen molar-refractivity contribution in [3.8, 4) is 0 Å². The van der Waals surface area contributed by atoms with Gasteiger partial charge in [-0.3, -0.25) is 4.98 Å². The molecule has 47 valence electrons. The van der Waals surface area contributed by atoms with Crippen LogP contribution in [0.2, 0.25) is 0 Å². The van der Waals surface area contributed by atoms with Gasteiger partial charge in [0.05, 0.1) is 12.3 Å². The molecule has 9 heavy (non-hydrogen) atoms. The highest BCUT2D eigenvalue weighted by Crippen LogP contribution is 2.07. The number of nitrogens with zero attached hydrogens (tertiary/aromatic N) is 1. The topological polar surface area (TPSA) is 33.1 Å². The Morgan fingerprint density at radius 1 is 1.78 bits per heavy atom. The van der Waals surface area contributed by atoms with Gasteiger partial charge in [0.1, 0.15) is 0 Å². The Balaban J connectivity index is 2.85. The van der Waals surface area contributed by atoms with Gasteiger partial charge in [0.15, 0.2) is 0 Å². The Bertz CT molecular complexity index is 172. The van der Waals surface area contributed by atoms with Gasteiger partial charge in [-0.15, -0.1) is 0 Å². The maximum Gasteiger partial charge on any atom is 0.0889 e. The summed E-state index contributed by atoms with van der Waals surface area (Å²) in [6.07, 6.45) is 3.83. The van der Waals surface area contributed by atoms with Crippen molar-refractivity contribution < 1.29 is 5.11 Å². The lowest BCUT2D eigenvalue weighted by Gasteiger charge is -2.00. The van der Waals surface area contributed by atoms with Crippen LogP contribution in [-0.4, -0.2) is 10.1 Å². The van der Waals surface area contributed by atoms with E-state index in [1.165, 1.54) is 0 Å². The molecule has 1 aromatic rings. The third-order valence-electron chi connectivity index (χ3n) is 1.13. The minimum Gasteiger partial charge on any atom is -0.389 e. The fourth-order valence-electron chi connectivity index (χ4n) is 0.586. The van der Waals surface area contributed by atoms with Crippen LogP contribution in [0.1, 0.15) is 18.6 Å². The molecule has 1 rings (SSSR count). The van der Waals surface area contributed by atoms with Crippen molar-refractivity contribution in [2.24, 2.45) is 0 Å². The van der Waals surface area contributed by atoms with E-state index in [1.807, 2.05) is 0 Å². The summed E-state index contributed by atoms with van der Waals surface area (Å²) in [4.78, 5) is 3.69. The Labute approximate surface area is 54.2 Å². The van der Waals surface area contributed by atoms with E-state index in [0.717, 1.165) is 5.56 Å². The first kappa shape index (κ1) is 6.23. The van der Waals surface area contributed by atoms with Crippen LogP contribution in [0.5, 0.6) is 0 Å². The Hall–Kier alpha value is -0.890. The molecule has 1 unspecified atom stereocenters. The fraction of sp³-hybridized carbons (Fsp3) is 0.286. The maximum atomic E-state index is 8.98. The molecule has 0 saturated carbocycles. The van der Waals surface area contributed by atoms with Gasteiger partial charge >= 0.3 is 0 Å². The average molecular weight is 122 g/mol. The molecule has 0 aromatic carbocycles. The van der Waals surface area contributed by atoms with Crippen LogP contribution >= 0.6 is 0 Å². The summed E-state index contributed by atoms with van der Waals surface area (Å²) in [7, 11) is 0. The van der Waals surface area contributed by atoms with Gasteiger partial charge in [-0.2, -0.15) is 0 Å². The highest BCUT2D eigenvalue weighted by molar-refractivity contribution is 5.10. The van der Waals surface area contributed by atoms with Crippen molar-refractivity contribution in [1.29, 1.82) is 0 Å². The number of aromatic nitrogens is 1. The number of rotatable bonds is 1. The maximum absolute atomic E-state index is 8.98. The molecule has 1 radical (unpaired) electrons. The van der Waals surface area contributed by atoms with Crippen LogP contribution in [0.4, 0.5) is 0 Å². The van der Waals surface area contributed by atoms with Crippen LogP contribution in [0.25, 0.3) is 0 Å². The normalized spacial score (nSPS) is 13.1. The van der Waals surface area contributed by atoms with E-state index in [1.54, 1.807) is 25.3 Å². The molecule has 1 aromatic heterocycles. The van der Waals surface area contributed by atoms with E-state index < -0.39 is 6.10 Å². The van der Waals surface area contributed by atoms with E-state index in [4.69, 9.17) is 5.11 Å². The Morgan fingerprint density at radius 2 is 2.56 bits per heavy atom. The number of pyridine rings is 1. The predicted molar refractivity (Wildman–Crippen MR) is 33.7 cm³/mol. The minimum absolute atomic E-state index is 0.413. The Morgan fingerprint density at radius 3 is 2.89 bits per heavy atom. The molecule has 0 bridgehead atoms. The van der Waals surface area contributed by atoms with E-state index in [0.29, 0.717) is 0 Å². The van der Waals surface area contributed by atoms with Gasteiger partial charge < -0.3 is 5.11 Å². The number of hydrogen-bond acceptors (Lipinski definition) is 2. The van der Waals surface area contributed by atoms with Crippen molar-refractivity contribution in [3.63, 3.8) is 0 Å². The number of aliphatic hydroxyl groups is 1.